The molecule has 0 atom stereocenters. The molecule has 1 aromatic heterocycles. The molecule has 0 fully saturated rings. The van der Waals surface area contributed by atoms with E-state index in [1.54, 1.807) is 5.01 Å². The van der Waals surface area contributed by atoms with Gasteiger partial charge in [-0.3, -0.25) is 5.01 Å². The first-order chi connectivity index (χ1) is 13.3. The molecule has 0 aliphatic rings. The molecule has 27 heavy (non-hydrogen) atoms. The lowest BCUT2D eigenvalue weighted by Crippen LogP contribution is -2.24. The molecule has 4 aromatic carbocycles. The Balaban J connectivity index is 1.51. The van der Waals surface area contributed by atoms with Crippen LogP contribution in [0.1, 0.15) is 0 Å². The number of fused-ring (bicyclic) bond motifs is 3. The minimum absolute atomic E-state index is 0.868. The first kappa shape index (κ1) is 15.7. The van der Waals surface area contributed by atoms with Gasteiger partial charge < -0.3 is 4.42 Å². The predicted octanol–water partition coefficient (Wildman–Crippen LogP) is 6.26. The van der Waals surface area contributed by atoms with Crippen LogP contribution in [0.2, 0.25) is 0 Å². The van der Waals surface area contributed by atoms with Gasteiger partial charge in [0.05, 0.1) is 11.4 Å². The van der Waals surface area contributed by atoms with Crippen LogP contribution in [0.25, 0.3) is 33.1 Å². The van der Waals surface area contributed by atoms with E-state index in [0.29, 0.717) is 0 Å². The number of nitrogens with two attached hydrogens (primary N) is 1. The van der Waals surface area contributed by atoms with Crippen molar-refractivity contribution in [2.24, 2.45) is 5.84 Å². The molecule has 0 spiro atoms. The van der Waals surface area contributed by atoms with E-state index in [-0.39, 0.29) is 0 Å². The summed E-state index contributed by atoms with van der Waals surface area (Å²) < 4.78 is 5.90. The molecule has 3 nitrogen and oxygen atoms in total. The van der Waals surface area contributed by atoms with E-state index < -0.39 is 0 Å². The summed E-state index contributed by atoms with van der Waals surface area (Å²) in [6, 6.07) is 32.7. The van der Waals surface area contributed by atoms with Crippen molar-refractivity contribution in [2.75, 3.05) is 5.01 Å². The summed E-state index contributed by atoms with van der Waals surface area (Å²) in [6.07, 6.45) is 0. The van der Waals surface area contributed by atoms with Gasteiger partial charge in [0.15, 0.2) is 0 Å². The Morgan fingerprint density at radius 2 is 1.19 bits per heavy atom. The lowest BCUT2D eigenvalue weighted by atomic mass is 10.1. The zero-order chi connectivity index (χ0) is 18.2. The summed E-state index contributed by atoms with van der Waals surface area (Å²) in [6.45, 7) is 0. The number of benzene rings is 4. The third kappa shape index (κ3) is 2.75. The van der Waals surface area contributed by atoms with Crippen LogP contribution in [0.3, 0.4) is 0 Å². The number of hydrazine groups is 1. The minimum atomic E-state index is 0.868. The fourth-order valence-electron chi connectivity index (χ4n) is 3.46. The van der Waals surface area contributed by atoms with E-state index in [0.717, 1.165) is 33.3 Å². The van der Waals surface area contributed by atoms with Gasteiger partial charge in [0.1, 0.15) is 11.2 Å². The van der Waals surface area contributed by atoms with Gasteiger partial charge in [0, 0.05) is 10.8 Å². The van der Waals surface area contributed by atoms with Crippen LogP contribution < -0.4 is 10.9 Å². The molecule has 0 saturated heterocycles. The Kier molecular flexibility index (Phi) is 3.66. The van der Waals surface area contributed by atoms with Crippen molar-refractivity contribution < 1.29 is 4.42 Å². The van der Waals surface area contributed by atoms with Crippen LogP contribution in [0, 0.1) is 0 Å². The number of nitrogens with zero attached hydrogens (tertiary/aromatic N) is 1. The highest BCUT2D eigenvalue weighted by Crippen LogP contribution is 2.33. The van der Waals surface area contributed by atoms with E-state index in [1.807, 2.05) is 60.7 Å². The first-order valence-corrected chi connectivity index (χ1v) is 8.91. The minimum Gasteiger partial charge on any atom is -0.456 e. The molecule has 0 aliphatic carbocycles. The normalized spacial score (nSPS) is 11.1. The smallest absolute Gasteiger partial charge is 0.135 e. The van der Waals surface area contributed by atoms with E-state index in [2.05, 4.69) is 36.4 Å². The molecule has 3 heteroatoms. The van der Waals surface area contributed by atoms with Gasteiger partial charge in [0.25, 0.3) is 0 Å². The molecule has 2 N–H and O–H groups in total. The lowest BCUT2D eigenvalue weighted by molar-refractivity contribution is 0.669. The molecular weight excluding hydrogens is 332 g/mol. The molecule has 130 valence electrons. The molecular formula is C24H18N2O. The van der Waals surface area contributed by atoms with Gasteiger partial charge in [-0.1, -0.05) is 60.7 Å². The maximum Gasteiger partial charge on any atom is 0.135 e. The second-order valence-corrected chi connectivity index (χ2v) is 6.56. The average Bonchev–Trinajstić information content (AvgIpc) is 3.12. The monoisotopic (exact) mass is 350 g/mol. The maximum absolute atomic E-state index is 6.41. The summed E-state index contributed by atoms with van der Waals surface area (Å²) in [4.78, 5) is 0. The van der Waals surface area contributed by atoms with Crippen molar-refractivity contribution >= 4 is 33.3 Å². The van der Waals surface area contributed by atoms with Crippen molar-refractivity contribution in [3.63, 3.8) is 0 Å². The number of furan rings is 1. The van der Waals surface area contributed by atoms with E-state index in [1.165, 1.54) is 11.1 Å². The Morgan fingerprint density at radius 1 is 0.556 bits per heavy atom. The topological polar surface area (TPSA) is 42.4 Å². The second-order valence-electron chi connectivity index (χ2n) is 6.56. The van der Waals surface area contributed by atoms with Crippen molar-refractivity contribution in [1.29, 1.82) is 0 Å². The molecule has 0 amide bonds. The summed E-state index contributed by atoms with van der Waals surface area (Å²) in [7, 11) is 0. The summed E-state index contributed by atoms with van der Waals surface area (Å²) in [5.41, 5.74) is 5.97. The van der Waals surface area contributed by atoms with Gasteiger partial charge >= 0.3 is 0 Å². The van der Waals surface area contributed by atoms with E-state index in [9.17, 15) is 0 Å². The summed E-state index contributed by atoms with van der Waals surface area (Å²) in [5, 5.41) is 3.87. The first-order valence-electron chi connectivity index (χ1n) is 8.91. The standard InChI is InChI=1S/C24H18N2O/c25-26(19-12-10-18(11-13-19)17-6-2-1-3-7-17)20-14-15-24-22(16-20)21-8-4-5-9-23(21)27-24/h1-16H,25H2. The highest BCUT2D eigenvalue weighted by Gasteiger charge is 2.10. The maximum atomic E-state index is 6.41. The number of rotatable bonds is 3. The van der Waals surface area contributed by atoms with Gasteiger partial charge in [-0.25, -0.2) is 5.84 Å². The van der Waals surface area contributed by atoms with Gasteiger partial charge in [-0.15, -0.1) is 0 Å². The molecule has 0 unspecified atom stereocenters. The number of hydrogen-bond acceptors (Lipinski definition) is 3. The van der Waals surface area contributed by atoms with E-state index >= 15 is 0 Å². The van der Waals surface area contributed by atoms with Crippen LogP contribution in [-0.2, 0) is 0 Å². The van der Waals surface area contributed by atoms with Crippen molar-refractivity contribution in [3.05, 3.63) is 97.1 Å². The van der Waals surface area contributed by atoms with Gasteiger partial charge in [-0.2, -0.15) is 0 Å². The fraction of sp³-hybridized carbons (Fsp3) is 0. The van der Waals surface area contributed by atoms with Gasteiger partial charge in [-0.05, 0) is 47.5 Å². The van der Waals surface area contributed by atoms with Crippen molar-refractivity contribution in [3.8, 4) is 11.1 Å². The van der Waals surface area contributed by atoms with Crippen molar-refractivity contribution in [2.45, 2.75) is 0 Å². The third-order valence-corrected chi connectivity index (χ3v) is 4.89. The zero-order valence-electron chi connectivity index (χ0n) is 14.7. The quantitative estimate of drug-likeness (QED) is 0.308. The molecule has 0 radical (unpaired) electrons. The van der Waals surface area contributed by atoms with Crippen LogP contribution in [0.15, 0.2) is 101 Å². The fourth-order valence-corrected chi connectivity index (χ4v) is 3.46. The SMILES string of the molecule is NN(c1ccc(-c2ccccc2)cc1)c1ccc2oc3ccccc3c2c1. The molecule has 5 rings (SSSR count). The van der Waals surface area contributed by atoms with Crippen molar-refractivity contribution in [1.82, 2.24) is 0 Å². The Bertz CT molecular complexity index is 1220. The lowest BCUT2D eigenvalue weighted by Gasteiger charge is -2.19. The van der Waals surface area contributed by atoms with Crippen LogP contribution in [0.4, 0.5) is 11.4 Å². The number of hydrogen-bond donors (Lipinski definition) is 1. The molecule has 0 aliphatic heterocycles. The summed E-state index contributed by atoms with van der Waals surface area (Å²) >= 11 is 0. The van der Waals surface area contributed by atoms with E-state index in [4.69, 9.17) is 10.3 Å². The predicted molar refractivity (Wildman–Crippen MR) is 112 cm³/mol. The second kappa shape index (κ2) is 6.31. The number of anilines is 2. The average molecular weight is 350 g/mol. The Labute approximate surface area is 157 Å². The van der Waals surface area contributed by atoms with Gasteiger partial charge in [0.2, 0.25) is 0 Å². The largest absolute Gasteiger partial charge is 0.456 e. The Morgan fingerprint density at radius 3 is 2.00 bits per heavy atom. The number of para-hydroxylation sites is 1. The van der Waals surface area contributed by atoms with Crippen LogP contribution >= 0.6 is 0 Å². The molecule has 1 heterocycles. The zero-order valence-corrected chi connectivity index (χ0v) is 14.7. The highest BCUT2D eigenvalue weighted by atomic mass is 16.3. The highest BCUT2D eigenvalue weighted by molar-refractivity contribution is 6.06. The van der Waals surface area contributed by atoms with Crippen LogP contribution in [0.5, 0.6) is 0 Å². The molecule has 0 bridgehead atoms. The molecule has 0 saturated carbocycles. The third-order valence-electron chi connectivity index (χ3n) is 4.89. The van der Waals surface area contributed by atoms with Crippen LogP contribution in [-0.4, -0.2) is 0 Å². The Hall–Kier alpha value is -3.56. The summed E-state index contributed by atoms with van der Waals surface area (Å²) in [5.74, 6) is 6.41. The molecule has 5 aromatic rings.